The van der Waals surface area contributed by atoms with Crippen molar-refractivity contribution in [2.45, 2.75) is 24.8 Å². The van der Waals surface area contributed by atoms with Gasteiger partial charge in [-0.2, -0.15) is 0 Å². The van der Waals surface area contributed by atoms with E-state index in [-0.39, 0.29) is 0 Å². The molecule has 0 aliphatic carbocycles. The monoisotopic (exact) mass is 295 g/mol. The lowest BCUT2D eigenvalue weighted by molar-refractivity contribution is 0.178. The standard InChI is InChI=1S/C19H25N3/c1-20-18-11-14-22(13-10-16-7-3-2-4-8-16)15-17(18)19-9-5-6-12-21-19/h2-9,12,17-18,20H,10-11,13-15H2,1H3. The minimum Gasteiger partial charge on any atom is -0.316 e. The Kier molecular flexibility index (Phi) is 5.20. The van der Waals surface area contributed by atoms with E-state index in [4.69, 9.17) is 0 Å². The summed E-state index contributed by atoms with van der Waals surface area (Å²) in [5.74, 6) is 0.482. The van der Waals surface area contributed by atoms with E-state index in [2.05, 4.69) is 64.7 Å². The molecule has 3 nitrogen and oxygen atoms in total. The Morgan fingerprint density at radius 3 is 2.68 bits per heavy atom. The van der Waals surface area contributed by atoms with Gasteiger partial charge in [0.15, 0.2) is 0 Å². The van der Waals surface area contributed by atoms with E-state index in [1.165, 1.54) is 24.2 Å². The van der Waals surface area contributed by atoms with Crippen LogP contribution in [0.5, 0.6) is 0 Å². The lowest BCUT2D eigenvalue weighted by atomic mass is 9.89. The van der Waals surface area contributed by atoms with Crippen LogP contribution in [0, 0.1) is 0 Å². The van der Waals surface area contributed by atoms with Crippen LogP contribution >= 0.6 is 0 Å². The molecule has 1 aliphatic heterocycles. The van der Waals surface area contributed by atoms with Crippen LogP contribution in [-0.4, -0.2) is 42.6 Å². The average Bonchev–Trinajstić information content (AvgIpc) is 2.61. The molecule has 1 aliphatic rings. The minimum absolute atomic E-state index is 0.482. The number of likely N-dealkylation sites (tertiary alicyclic amines) is 1. The highest BCUT2D eigenvalue weighted by Gasteiger charge is 2.29. The second-order valence-corrected chi connectivity index (χ2v) is 6.08. The molecule has 0 spiro atoms. The first-order valence-electron chi connectivity index (χ1n) is 8.21. The first-order chi connectivity index (χ1) is 10.9. The number of piperidine rings is 1. The number of hydrogen-bond donors (Lipinski definition) is 1. The summed E-state index contributed by atoms with van der Waals surface area (Å²) in [6.07, 6.45) is 4.22. The van der Waals surface area contributed by atoms with Gasteiger partial charge >= 0.3 is 0 Å². The van der Waals surface area contributed by atoms with Crippen molar-refractivity contribution >= 4 is 0 Å². The molecule has 1 saturated heterocycles. The molecule has 2 heterocycles. The van der Waals surface area contributed by atoms with Crippen LogP contribution in [0.2, 0.25) is 0 Å². The van der Waals surface area contributed by atoms with E-state index in [9.17, 15) is 0 Å². The second kappa shape index (κ2) is 7.52. The molecule has 1 aromatic carbocycles. The number of benzene rings is 1. The smallest absolute Gasteiger partial charge is 0.0462 e. The number of pyridine rings is 1. The zero-order chi connectivity index (χ0) is 15.2. The highest BCUT2D eigenvalue weighted by molar-refractivity contribution is 5.16. The number of aromatic nitrogens is 1. The third-order valence-corrected chi connectivity index (χ3v) is 4.69. The second-order valence-electron chi connectivity index (χ2n) is 6.08. The van der Waals surface area contributed by atoms with Crippen molar-refractivity contribution < 1.29 is 0 Å². The molecule has 3 heteroatoms. The zero-order valence-electron chi connectivity index (χ0n) is 13.3. The van der Waals surface area contributed by atoms with Crippen LogP contribution in [0.15, 0.2) is 54.7 Å². The van der Waals surface area contributed by atoms with Gasteiger partial charge < -0.3 is 10.2 Å². The van der Waals surface area contributed by atoms with Crippen molar-refractivity contribution in [3.8, 4) is 0 Å². The van der Waals surface area contributed by atoms with Gasteiger partial charge in [0.25, 0.3) is 0 Å². The summed E-state index contributed by atoms with van der Waals surface area (Å²) < 4.78 is 0. The van der Waals surface area contributed by atoms with Crippen LogP contribution in [0.25, 0.3) is 0 Å². The Morgan fingerprint density at radius 1 is 1.14 bits per heavy atom. The number of hydrogen-bond acceptors (Lipinski definition) is 3. The first-order valence-corrected chi connectivity index (χ1v) is 8.21. The summed E-state index contributed by atoms with van der Waals surface area (Å²) in [4.78, 5) is 7.17. The van der Waals surface area contributed by atoms with E-state index < -0.39 is 0 Å². The van der Waals surface area contributed by atoms with E-state index in [0.717, 1.165) is 19.5 Å². The van der Waals surface area contributed by atoms with Crippen LogP contribution < -0.4 is 5.32 Å². The molecule has 0 radical (unpaired) electrons. The van der Waals surface area contributed by atoms with E-state index in [1.54, 1.807) is 0 Å². The predicted molar refractivity (Wildman–Crippen MR) is 91.0 cm³/mol. The van der Waals surface area contributed by atoms with Gasteiger partial charge in [-0.25, -0.2) is 0 Å². The highest BCUT2D eigenvalue weighted by atomic mass is 15.1. The maximum Gasteiger partial charge on any atom is 0.0462 e. The van der Waals surface area contributed by atoms with Gasteiger partial charge in [0.05, 0.1) is 0 Å². The lowest BCUT2D eigenvalue weighted by Gasteiger charge is -2.38. The predicted octanol–water partition coefficient (Wildman–Crippen LogP) is 2.70. The summed E-state index contributed by atoms with van der Waals surface area (Å²) >= 11 is 0. The maximum atomic E-state index is 4.59. The van der Waals surface area contributed by atoms with Crippen molar-refractivity contribution in [3.05, 3.63) is 66.0 Å². The van der Waals surface area contributed by atoms with Crippen LogP contribution in [0.1, 0.15) is 23.6 Å². The van der Waals surface area contributed by atoms with Gasteiger partial charge in [-0.1, -0.05) is 36.4 Å². The Morgan fingerprint density at radius 2 is 1.95 bits per heavy atom. The Labute approximate surface area is 133 Å². The van der Waals surface area contributed by atoms with Crippen molar-refractivity contribution in [2.75, 3.05) is 26.7 Å². The van der Waals surface area contributed by atoms with Gasteiger partial charge in [-0.15, -0.1) is 0 Å². The molecule has 1 fully saturated rings. The molecule has 0 amide bonds. The van der Waals surface area contributed by atoms with Crippen molar-refractivity contribution in [1.29, 1.82) is 0 Å². The first kappa shape index (κ1) is 15.2. The molecule has 116 valence electrons. The summed E-state index contributed by atoms with van der Waals surface area (Å²) in [6, 6.07) is 17.6. The largest absolute Gasteiger partial charge is 0.316 e. The number of nitrogens with zero attached hydrogens (tertiary/aromatic N) is 2. The molecule has 0 bridgehead atoms. The molecule has 3 rings (SSSR count). The molecule has 1 aromatic heterocycles. The van der Waals surface area contributed by atoms with Gasteiger partial charge in [0.1, 0.15) is 0 Å². The van der Waals surface area contributed by atoms with Crippen molar-refractivity contribution in [2.24, 2.45) is 0 Å². The maximum absolute atomic E-state index is 4.59. The van der Waals surface area contributed by atoms with E-state index in [0.29, 0.717) is 12.0 Å². The van der Waals surface area contributed by atoms with Crippen LogP contribution in [0.3, 0.4) is 0 Å². The third-order valence-electron chi connectivity index (χ3n) is 4.69. The fraction of sp³-hybridized carbons (Fsp3) is 0.421. The SMILES string of the molecule is CNC1CCN(CCc2ccccc2)CC1c1ccccn1. The fourth-order valence-corrected chi connectivity index (χ4v) is 3.40. The highest BCUT2D eigenvalue weighted by Crippen LogP contribution is 2.26. The van der Waals surface area contributed by atoms with Gasteiger partial charge in [-0.05, 0) is 44.1 Å². The summed E-state index contributed by atoms with van der Waals surface area (Å²) in [5.41, 5.74) is 2.64. The lowest BCUT2D eigenvalue weighted by Crippen LogP contribution is -2.47. The van der Waals surface area contributed by atoms with Crippen molar-refractivity contribution in [3.63, 3.8) is 0 Å². The zero-order valence-corrected chi connectivity index (χ0v) is 13.3. The summed E-state index contributed by atoms with van der Waals surface area (Å²) in [5, 5.41) is 3.48. The number of rotatable bonds is 5. The molecule has 2 atom stereocenters. The molecular weight excluding hydrogens is 270 g/mol. The Hall–Kier alpha value is -1.71. The van der Waals surface area contributed by atoms with E-state index in [1.807, 2.05) is 12.3 Å². The number of likely N-dealkylation sites (N-methyl/N-ethyl adjacent to an activating group) is 1. The topological polar surface area (TPSA) is 28.2 Å². The van der Waals surface area contributed by atoms with Gasteiger partial charge in [0, 0.05) is 36.9 Å². The third kappa shape index (κ3) is 3.73. The van der Waals surface area contributed by atoms with Crippen LogP contribution in [-0.2, 0) is 6.42 Å². The van der Waals surface area contributed by atoms with Gasteiger partial charge in [-0.3, -0.25) is 4.98 Å². The van der Waals surface area contributed by atoms with E-state index >= 15 is 0 Å². The molecule has 0 saturated carbocycles. The average molecular weight is 295 g/mol. The molecule has 1 N–H and O–H groups in total. The molecular formula is C19H25N3. The normalized spacial score (nSPS) is 22.6. The molecule has 22 heavy (non-hydrogen) atoms. The molecule has 2 aromatic rings. The quantitative estimate of drug-likeness (QED) is 0.919. The molecule has 2 unspecified atom stereocenters. The number of nitrogens with one attached hydrogen (secondary N) is 1. The van der Waals surface area contributed by atoms with Crippen molar-refractivity contribution in [1.82, 2.24) is 15.2 Å². The minimum atomic E-state index is 0.482. The van der Waals surface area contributed by atoms with Crippen LogP contribution in [0.4, 0.5) is 0 Å². The summed E-state index contributed by atoms with van der Waals surface area (Å²) in [7, 11) is 2.07. The Bertz CT molecular complexity index is 555. The van der Waals surface area contributed by atoms with Gasteiger partial charge in [0.2, 0.25) is 0 Å². The fourth-order valence-electron chi connectivity index (χ4n) is 3.40. The summed E-state index contributed by atoms with van der Waals surface area (Å²) in [6.45, 7) is 3.39. The Balaban J connectivity index is 1.63.